The molecule has 4 aromatic rings. The summed E-state index contributed by atoms with van der Waals surface area (Å²) in [6.45, 7) is 11.5. The molecule has 0 bridgehead atoms. The lowest BCUT2D eigenvalue weighted by Gasteiger charge is -2.13. The number of anilines is 3. The van der Waals surface area contributed by atoms with Crippen molar-refractivity contribution in [3.8, 4) is 0 Å². The molecule has 11 N–H and O–H groups in total. The zero-order chi connectivity index (χ0) is 50.1. The van der Waals surface area contributed by atoms with Gasteiger partial charge >= 0.3 is 0 Å². The molecule has 8 rings (SSSR count). The topological polar surface area (TPSA) is 287 Å². The van der Waals surface area contributed by atoms with Crippen molar-refractivity contribution in [3.63, 3.8) is 0 Å². The summed E-state index contributed by atoms with van der Waals surface area (Å²) in [5.41, 5.74) is 5.52. The monoisotopic (exact) mass is 1060 g/mol. The molecule has 4 fully saturated rings. The highest BCUT2D eigenvalue weighted by atomic mass is 35.5. The van der Waals surface area contributed by atoms with Crippen LogP contribution < -0.4 is 21.7 Å². The van der Waals surface area contributed by atoms with E-state index < -0.39 is 6.10 Å². The van der Waals surface area contributed by atoms with Crippen LogP contribution in [0.4, 0.5) is 17.5 Å². The molecule has 4 aliphatic carbocycles. The van der Waals surface area contributed by atoms with Gasteiger partial charge in [0.2, 0.25) is 0 Å². The van der Waals surface area contributed by atoms with Gasteiger partial charge in [-0.3, -0.25) is 0 Å². The molecule has 18 nitrogen and oxygen atoms in total. The highest BCUT2D eigenvalue weighted by Gasteiger charge is 2.34. The molecule has 23 heteroatoms. The molecule has 0 spiro atoms. The van der Waals surface area contributed by atoms with Crippen molar-refractivity contribution in [1.82, 2.24) is 39.9 Å². The van der Waals surface area contributed by atoms with E-state index in [4.69, 9.17) is 67.5 Å². The minimum Gasteiger partial charge on any atom is -0.396 e. The summed E-state index contributed by atoms with van der Waals surface area (Å²) in [5, 5.41) is 67.7. The number of aromatic nitrogens is 8. The second-order valence-corrected chi connectivity index (χ2v) is 19.5. The Hall–Kier alpha value is -3.11. The van der Waals surface area contributed by atoms with Crippen LogP contribution in [0.15, 0.2) is 30.5 Å². The Morgan fingerprint density at radius 3 is 1.16 bits per heavy atom. The molecule has 12 atom stereocenters. The third-order valence-electron chi connectivity index (χ3n) is 12.4. The molecule has 386 valence electrons. The fourth-order valence-electron chi connectivity index (χ4n) is 8.95. The Morgan fingerprint density at radius 2 is 0.841 bits per heavy atom. The van der Waals surface area contributed by atoms with Gasteiger partial charge in [0, 0.05) is 73.6 Å². The van der Waals surface area contributed by atoms with Crippen LogP contribution >= 0.6 is 58.8 Å². The summed E-state index contributed by atoms with van der Waals surface area (Å²) < 4.78 is 0. The molecule has 0 saturated heterocycles. The normalized spacial score (nSPS) is 27.7. The largest absolute Gasteiger partial charge is 0.396 e. The predicted octanol–water partition coefficient (Wildman–Crippen LogP) is 6.72. The third-order valence-corrected chi connectivity index (χ3v) is 13.2. The molecule has 69 heavy (non-hydrogen) atoms. The number of hydrogen-bond donors (Lipinski definition) is 10. The number of aliphatic hydroxyl groups excluding tert-OH is 6. The Morgan fingerprint density at radius 1 is 0.493 bits per heavy atom. The van der Waals surface area contributed by atoms with Gasteiger partial charge in [-0.25, -0.2) is 39.9 Å². The predicted molar refractivity (Wildman–Crippen MR) is 274 cm³/mol. The van der Waals surface area contributed by atoms with Crippen LogP contribution in [0.3, 0.4) is 0 Å². The van der Waals surface area contributed by atoms with Crippen molar-refractivity contribution >= 4 is 76.3 Å². The van der Waals surface area contributed by atoms with Gasteiger partial charge in [0.05, 0.1) is 24.4 Å². The summed E-state index contributed by atoms with van der Waals surface area (Å²) >= 11 is 22.7. The second kappa shape index (κ2) is 30.0. The Bertz CT molecular complexity index is 1980. The fraction of sp³-hybridized carbons (Fsp3) is 0.652. The molecule has 4 aromatic heterocycles. The minimum absolute atomic E-state index is 0. The number of nitrogens with zero attached hydrogens (tertiary/aromatic N) is 8. The van der Waals surface area contributed by atoms with Crippen molar-refractivity contribution in [3.05, 3.63) is 74.4 Å². The van der Waals surface area contributed by atoms with Crippen molar-refractivity contribution in [2.45, 2.75) is 154 Å². The van der Waals surface area contributed by atoms with Gasteiger partial charge in [-0.1, -0.05) is 73.1 Å². The number of aliphatic hydroxyl groups is 6. The molecule has 0 unspecified atom stereocenters. The molecule has 4 saturated carbocycles. The first-order valence-electron chi connectivity index (χ1n) is 23.2. The number of aryl methyl sites for hydroxylation is 4. The highest BCUT2D eigenvalue weighted by Crippen LogP contribution is 2.32. The van der Waals surface area contributed by atoms with Gasteiger partial charge < -0.3 is 52.3 Å². The standard InChI is InChI=1S/C12H18ClN3O.C12H19N3O.C11H16ClN3O2.C6H13NO2.C5H4Cl2N2.ClH/c1-3-8-4-9(5-10(8)17)16-12-6-11(13)14-7(2)15-12;1-3-9-6-10(7-11(9)16)15-12-4-5-13-8(2)14-12;1-6-13-10(12)4-11(14-6)15-8-2-7(5-16)9(17)3-8;7-5-1-4(3-8)6(9)2-5;1-3-8-4(6)2-5(7)9-3;/h6,8-10,17H,3-5H2,1-2H3,(H,14,15,16);4-5,9-11,16H,3,6-7H2,1-2H3,(H,13,14,15);4,7-9,16-17H,2-3,5H2,1H3,(H,13,14,15);4-6,8-9H,1-3,7H2;2H,1H3;1H/t8-,9+,10-;9-,10+,11-;7-,8-,9+;4-,5-,6+;;/m0011../s1. The van der Waals surface area contributed by atoms with E-state index in [2.05, 4.69) is 69.7 Å². The molecule has 0 aromatic carbocycles. The number of rotatable bonds is 10. The van der Waals surface area contributed by atoms with E-state index >= 15 is 0 Å². The lowest BCUT2D eigenvalue weighted by Crippen LogP contribution is -2.17. The van der Waals surface area contributed by atoms with Gasteiger partial charge in [-0.05, 0) is 97.0 Å². The van der Waals surface area contributed by atoms with E-state index in [1.54, 1.807) is 32.2 Å². The first kappa shape index (κ1) is 60.2. The first-order valence-corrected chi connectivity index (χ1v) is 24.8. The van der Waals surface area contributed by atoms with E-state index in [-0.39, 0.29) is 73.9 Å². The molecule has 4 heterocycles. The maximum atomic E-state index is 9.85. The lowest BCUT2D eigenvalue weighted by molar-refractivity contribution is 0.0903. The second-order valence-electron chi connectivity index (χ2n) is 18.0. The van der Waals surface area contributed by atoms with E-state index in [1.165, 1.54) is 6.07 Å². The van der Waals surface area contributed by atoms with Crippen LogP contribution in [-0.2, 0) is 0 Å². The van der Waals surface area contributed by atoms with Crippen molar-refractivity contribution in [2.24, 2.45) is 29.4 Å². The number of halogens is 5. The third kappa shape index (κ3) is 20.9. The van der Waals surface area contributed by atoms with E-state index in [9.17, 15) is 15.3 Å². The van der Waals surface area contributed by atoms with Crippen LogP contribution in [0, 0.1) is 51.4 Å². The van der Waals surface area contributed by atoms with Crippen LogP contribution in [0.25, 0.3) is 0 Å². The maximum absolute atomic E-state index is 9.85. The molecular weight excluding hydrogens is 994 g/mol. The van der Waals surface area contributed by atoms with Gasteiger partial charge in [0.1, 0.15) is 61.4 Å². The average Bonchev–Trinajstić information content (AvgIpc) is 4.00. The van der Waals surface area contributed by atoms with E-state index in [0.717, 1.165) is 68.8 Å². The van der Waals surface area contributed by atoms with Crippen molar-refractivity contribution < 1.29 is 30.6 Å². The van der Waals surface area contributed by atoms with Gasteiger partial charge in [0.25, 0.3) is 0 Å². The SMILES string of the molecule is CC[C@H]1C[C@@H](Nc2cc(Cl)nc(C)n2)C[C@@H]1O.CC[C@H]1C[C@@H](Nc2ccnc(C)n2)C[C@@H]1O.Cc1nc(Cl)cc(Cl)n1.Cc1nc(Cl)cc(N[C@@H]2C[C@H](CO)[C@@H](O)C2)n1.Cl.N[C@@H]1C[C@H](CO)[C@@H](O)C1. The van der Waals surface area contributed by atoms with E-state index in [1.807, 2.05) is 19.9 Å². The smallest absolute Gasteiger partial charge is 0.134 e. The van der Waals surface area contributed by atoms with Gasteiger partial charge in [-0.15, -0.1) is 12.4 Å². The van der Waals surface area contributed by atoms with E-state index in [0.29, 0.717) is 74.6 Å². The highest BCUT2D eigenvalue weighted by molar-refractivity contribution is 6.33. The fourth-order valence-corrected chi connectivity index (χ4v) is 9.91. The molecule has 0 aliphatic heterocycles. The van der Waals surface area contributed by atoms with Crippen molar-refractivity contribution in [2.75, 3.05) is 29.2 Å². The molecule has 4 aliphatic rings. The number of nitrogens with one attached hydrogen (secondary N) is 3. The summed E-state index contributed by atoms with van der Waals surface area (Å²) in [6, 6.07) is 7.58. The minimum atomic E-state index is -0.448. The Balaban J connectivity index is 0.000000233. The first-order chi connectivity index (χ1) is 32.3. The summed E-state index contributed by atoms with van der Waals surface area (Å²) in [7, 11) is 0. The van der Waals surface area contributed by atoms with Crippen LogP contribution in [-0.4, -0.2) is 132 Å². The van der Waals surface area contributed by atoms with Crippen LogP contribution in [0.5, 0.6) is 0 Å². The summed E-state index contributed by atoms with van der Waals surface area (Å²) in [5.74, 6) is 5.71. The van der Waals surface area contributed by atoms with Gasteiger partial charge in [-0.2, -0.15) is 0 Å². The van der Waals surface area contributed by atoms with Crippen LogP contribution in [0.2, 0.25) is 20.6 Å². The maximum Gasteiger partial charge on any atom is 0.134 e. The molecule has 0 radical (unpaired) electrons. The number of nitrogens with two attached hydrogens (primary N) is 1. The zero-order valence-electron chi connectivity index (χ0n) is 40.1. The number of hydrogen-bond acceptors (Lipinski definition) is 18. The quantitative estimate of drug-likeness (QED) is 0.0738. The average molecular weight is 1070 g/mol. The molecular formula is C46H71Cl5N12O6. The van der Waals surface area contributed by atoms with Gasteiger partial charge in [0.15, 0.2) is 0 Å². The Kier molecular flexibility index (Phi) is 26.2. The Labute approximate surface area is 431 Å². The lowest BCUT2D eigenvalue weighted by atomic mass is 10.0. The summed E-state index contributed by atoms with van der Waals surface area (Å²) in [4.78, 5) is 32.5. The van der Waals surface area contributed by atoms with Crippen molar-refractivity contribution in [1.29, 1.82) is 0 Å². The summed E-state index contributed by atoms with van der Waals surface area (Å²) in [6.07, 6.45) is 9.01. The zero-order valence-corrected chi connectivity index (χ0v) is 43.9. The molecule has 0 amide bonds. The van der Waals surface area contributed by atoms with Crippen LogP contribution in [0.1, 0.15) is 101 Å².